The van der Waals surface area contributed by atoms with Crippen molar-refractivity contribution in [1.82, 2.24) is 0 Å². The predicted molar refractivity (Wildman–Crippen MR) is 87.6 cm³/mol. The van der Waals surface area contributed by atoms with Gasteiger partial charge in [0.05, 0.1) is 0 Å². The third-order valence-electron chi connectivity index (χ3n) is 0.500. The average molecular weight is 312 g/mol. The molecule has 0 saturated heterocycles. The van der Waals surface area contributed by atoms with Crippen LogP contribution < -0.4 is 0 Å². The molecule has 0 rings (SSSR count). The van der Waals surface area contributed by atoms with Crippen LogP contribution in [0.1, 0.15) is 27.7 Å². The van der Waals surface area contributed by atoms with E-state index in [4.69, 9.17) is 0 Å². The maximum Gasteiger partial charge on any atom is 0 e. The zero-order valence-electron chi connectivity index (χ0n) is 13.3. The van der Waals surface area contributed by atoms with Crippen molar-refractivity contribution >= 4 is 15.8 Å². The summed E-state index contributed by atoms with van der Waals surface area (Å²) < 4.78 is 0. The predicted octanol–water partition coefficient (Wildman–Crippen LogP) is 4.77. The summed E-state index contributed by atoms with van der Waals surface area (Å²) in [5.41, 5.74) is 0. The van der Waals surface area contributed by atoms with E-state index in [0.717, 1.165) is 0 Å². The normalized spacial score (nSPS) is 5.88. The summed E-state index contributed by atoms with van der Waals surface area (Å²) in [5.74, 6) is 10.7. The molecule has 0 radical (unpaired) electrons. The quantitative estimate of drug-likeness (QED) is 0.446. The van der Waals surface area contributed by atoms with E-state index in [1.807, 2.05) is 27.7 Å². The third-order valence-corrected chi connectivity index (χ3v) is 0.500. The Morgan fingerprint density at radius 2 is 0.529 bits per heavy atom. The summed E-state index contributed by atoms with van der Waals surface area (Å²) in [5, 5.41) is 0. The van der Waals surface area contributed by atoms with Crippen LogP contribution in [0.4, 0.5) is 0 Å². The molecule has 0 bridgehead atoms. The second-order valence-corrected chi connectivity index (χ2v) is 9.05. The van der Waals surface area contributed by atoms with Gasteiger partial charge in [-0.2, -0.15) is 0 Å². The van der Waals surface area contributed by atoms with Gasteiger partial charge in [0.15, 0.2) is 0 Å². The van der Waals surface area contributed by atoms with Gasteiger partial charge in [-0.3, -0.25) is 0 Å². The van der Waals surface area contributed by atoms with Gasteiger partial charge in [0.25, 0.3) is 0 Å². The molecule has 0 aliphatic rings. The third kappa shape index (κ3) is 551. The molecule has 0 spiro atoms. The van der Waals surface area contributed by atoms with Gasteiger partial charge in [0, 0.05) is 17.4 Å². The molecule has 0 aromatic carbocycles. The van der Waals surface area contributed by atoms with Crippen LogP contribution in [0.15, 0.2) is 0 Å². The zero-order valence-corrected chi connectivity index (χ0v) is 16.4. The largest absolute Gasteiger partial charge is 0.116 e. The van der Waals surface area contributed by atoms with E-state index in [2.05, 4.69) is 63.7 Å². The second kappa shape index (κ2) is 36.0. The Hall–Kier alpha value is 0.512. The van der Waals surface area contributed by atoms with E-state index in [1.54, 1.807) is 0 Å². The summed E-state index contributed by atoms with van der Waals surface area (Å²) in [7, 11) is 0.759. The Bertz CT molecular complexity index is 160. The van der Waals surface area contributed by atoms with Crippen molar-refractivity contribution < 1.29 is 17.4 Å². The molecule has 0 fully saturated rings. The van der Waals surface area contributed by atoms with Crippen LogP contribution in [-0.2, 0) is 17.4 Å². The summed E-state index contributed by atoms with van der Waals surface area (Å²) in [4.78, 5) is 0. The molecule has 0 aromatic heterocycles. The van der Waals surface area contributed by atoms with E-state index in [0.29, 0.717) is 15.8 Å². The van der Waals surface area contributed by atoms with Crippen LogP contribution in [-0.4, -0.2) is 40.0 Å². The van der Waals surface area contributed by atoms with Crippen LogP contribution in [0.3, 0.4) is 0 Å². The molecule has 0 unspecified atom stereocenters. The fourth-order valence-electron chi connectivity index (χ4n) is 0. The van der Waals surface area contributed by atoms with E-state index in [1.165, 1.54) is 0 Å². The Balaban J connectivity index is -0.0000000369. The summed E-state index contributed by atoms with van der Waals surface area (Å²) in [6.07, 6.45) is 0. The zero-order chi connectivity index (χ0) is 14.0. The van der Waals surface area contributed by atoms with Gasteiger partial charge in [-0.1, -0.05) is 0 Å². The van der Waals surface area contributed by atoms with Gasteiger partial charge in [0.2, 0.25) is 0 Å². The number of hydrogen-bond acceptors (Lipinski definition) is 0. The van der Waals surface area contributed by atoms with Crippen LogP contribution in [0, 0.1) is 23.7 Å². The fraction of sp³-hybridized carbons (Fsp3) is 0.714. The van der Waals surface area contributed by atoms with Crippen molar-refractivity contribution in [3.05, 3.63) is 0 Å². The number of rotatable bonds is 0. The van der Waals surface area contributed by atoms with Crippen molar-refractivity contribution in [1.29, 1.82) is 0 Å². The minimum absolute atomic E-state index is 0. The molecule has 102 valence electrons. The molecule has 0 saturated carbocycles. The molecule has 0 aliphatic carbocycles. The smallest absolute Gasteiger partial charge is 0 e. The molecule has 0 nitrogen and oxygen atoms in total. The van der Waals surface area contributed by atoms with Crippen molar-refractivity contribution in [3.63, 3.8) is 0 Å². The van der Waals surface area contributed by atoms with E-state index >= 15 is 0 Å². The standard InChI is InChI=1S/2C4H6.2C3H9P.Cr/c2*1-3-4-2;2*1-4(2)3;/h2*1-2H3;2*1-3H3;. The Kier molecular flexibility index (Phi) is 64.5. The van der Waals surface area contributed by atoms with Gasteiger partial charge in [0.1, 0.15) is 0 Å². The Morgan fingerprint density at radius 1 is 0.471 bits per heavy atom. The van der Waals surface area contributed by atoms with Crippen LogP contribution in [0.2, 0.25) is 0 Å². The van der Waals surface area contributed by atoms with Crippen LogP contribution in [0.25, 0.3) is 0 Å². The Morgan fingerprint density at radius 3 is 0.529 bits per heavy atom. The van der Waals surface area contributed by atoms with Gasteiger partial charge in [-0.05, 0) is 67.7 Å². The van der Waals surface area contributed by atoms with Crippen LogP contribution >= 0.6 is 15.8 Å². The molecule has 3 heteroatoms. The van der Waals surface area contributed by atoms with Gasteiger partial charge >= 0.3 is 0 Å². The fourth-order valence-corrected chi connectivity index (χ4v) is 0. The first-order chi connectivity index (χ1) is 7.29. The van der Waals surface area contributed by atoms with Gasteiger partial charge in [-0.15, -0.1) is 39.5 Å². The molecule has 0 amide bonds. The second-order valence-electron chi connectivity index (χ2n) is 3.68. The van der Waals surface area contributed by atoms with E-state index in [9.17, 15) is 0 Å². The molecular formula is C14H30CrP2. The van der Waals surface area contributed by atoms with Crippen LogP contribution in [0.5, 0.6) is 0 Å². The average Bonchev–Trinajstić information content (AvgIpc) is 2.16. The molecule has 0 aliphatic heterocycles. The van der Waals surface area contributed by atoms with Crippen molar-refractivity contribution in [3.8, 4) is 23.7 Å². The first-order valence-corrected chi connectivity index (χ1v) is 10.5. The maximum absolute atomic E-state index is 2.68. The summed E-state index contributed by atoms with van der Waals surface area (Å²) >= 11 is 0. The summed E-state index contributed by atoms with van der Waals surface area (Å²) in [6.45, 7) is 20.7. The first-order valence-electron chi connectivity index (χ1n) is 5.18. The Labute approximate surface area is 124 Å². The number of hydrogen-bond donors (Lipinski definition) is 0. The first kappa shape index (κ1) is 30.5. The summed E-state index contributed by atoms with van der Waals surface area (Å²) in [6, 6.07) is 0. The van der Waals surface area contributed by atoms with Gasteiger partial charge in [-0.25, -0.2) is 0 Å². The van der Waals surface area contributed by atoms with Crippen molar-refractivity contribution in [2.24, 2.45) is 0 Å². The molecular weight excluding hydrogens is 282 g/mol. The van der Waals surface area contributed by atoms with Gasteiger partial charge < -0.3 is 0 Å². The van der Waals surface area contributed by atoms with Crippen molar-refractivity contribution in [2.75, 3.05) is 40.0 Å². The molecule has 0 atom stereocenters. The molecule has 0 heterocycles. The topological polar surface area (TPSA) is 0 Å². The minimum Gasteiger partial charge on any atom is -0.116 e. The van der Waals surface area contributed by atoms with E-state index < -0.39 is 0 Å². The minimum atomic E-state index is 0. The molecule has 0 aromatic rings. The van der Waals surface area contributed by atoms with Crippen molar-refractivity contribution in [2.45, 2.75) is 27.7 Å². The molecule has 0 N–H and O–H groups in total. The monoisotopic (exact) mass is 312 g/mol. The van der Waals surface area contributed by atoms with E-state index in [-0.39, 0.29) is 17.4 Å². The maximum atomic E-state index is 2.68. The SMILES string of the molecule is CC#CC.CC#CC.CP(C)C.CP(C)C.[Cr]. The molecule has 17 heavy (non-hydrogen) atoms.